The molecule has 2 rings (SSSR count). The van der Waals surface area contributed by atoms with Crippen molar-refractivity contribution < 1.29 is 0 Å². The average Bonchev–Trinajstić information content (AvgIpc) is 2.39. The fourth-order valence-corrected chi connectivity index (χ4v) is 1.84. The van der Waals surface area contributed by atoms with Gasteiger partial charge in [-0.3, -0.25) is 0 Å². The minimum absolute atomic E-state index is 0.392. The number of para-hydroxylation sites is 1. The fourth-order valence-electron chi connectivity index (χ4n) is 1.84. The van der Waals surface area contributed by atoms with Gasteiger partial charge in [0.05, 0.1) is 0 Å². The molecule has 2 aromatic rings. The second-order valence-corrected chi connectivity index (χ2v) is 4.03. The predicted molar refractivity (Wildman–Crippen MR) is 72.5 cm³/mol. The first-order valence-electron chi connectivity index (χ1n) is 5.62. The van der Waals surface area contributed by atoms with Crippen LogP contribution in [0, 0.1) is 0 Å². The van der Waals surface area contributed by atoms with Crippen LogP contribution in [0.5, 0.6) is 0 Å². The summed E-state index contributed by atoms with van der Waals surface area (Å²) < 4.78 is 0. The summed E-state index contributed by atoms with van der Waals surface area (Å²) in [7, 11) is 2.13. The standard InChI is InChI=1S/C14H16BN/c1-15(13-9-5-3-6-10-13)16(2)14-11-7-4-8-12-14/h3-12H,1-2H3. The van der Waals surface area contributed by atoms with E-state index in [1.54, 1.807) is 0 Å². The second kappa shape index (κ2) is 4.89. The van der Waals surface area contributed by atoms with Gasteiger partial charge in [-0.1, -0.05) is 60.8 Å². The Balaban J connectivity index is 2.20. The Morgan fingerprint density at radius 3 is 1.88 bits per heavy atom. The van der Waals surface area contributed by atoms with Gasteiger partial charge in [0.15, 0.2) is 0 Å². The third-order valence-corrected chi connectivity index (χ3v) is 3.03. The summed E-state index contributed by atoms with van der Waals surface area (Å²) in [5.41, 5.74) is 2.59. The minimum Gasteiger partial charge on any atom is -0.414 e. The van der Waals surface area contributed by atoms with Crippen LogP contribution in [0.1, 0.15) is 0 Å². The molecule has 0 spiro atoms. The van der Waals surface area contributed by atoms with Gasteiger partial charge in [0.2, 0.25) is 0 Å². The summed E-state index contributed by atoms with van der Waals surface area (Å²) in [5, 5.41) is 0. The molecule has 0 atom stereocenters. The zero-order valence-electron chi connectivity index (χ0n) is 9.80. The van der Waals surface area contributed by atoms with E-state index in [1.807, 2.05) is 6.07 Å². The van der Waals surface area contributed by atoms with E-state index in [0.29, 0.717) is 6.85 Å². The Kier molecular flexibility index (Phi) is 3.30. The molecule has 80 valence electrons. The maximum Gasteiger partial charge on any atom is 0.285 e. The van der Waals surface area contributed by atoms with Gasteiger partial charge in [0.1, 0.15) is 0 Å². The van der Waals surface area contributed by atoms with Crippen molar-refractivity contribution in [3.8, 4) is 0 Å². The van der Waals surface area contributed by atoms with Crippen LogP contribution in [0.2, 0.25) is 6.82 Å². The summed E-state index contributed by atoms with van der Waals surface area (Å²) in [6.45, 7) is 2.62. The normalized spacial score (nSPS) is 9.88. The van der Waals surface area contributed by atoms with Crippen molar-refractivity contribution >= 4 is 18.0 Å². The van der Waals surface area contributed by atoms with Gasteiger partial charge in [0.25, 0.3) is 6.85 Å². The van der Waals surface area contributed by atoms with Crippen molar-refractivity contribution in [3.05, 3.63) is 60.7 Å². The summed E-state index contributed by atoms with van der Waals surface area (Å²) in [4.78, 5) is 2.29. The molecule has 16 heavy (non-hydrogen) atoms. The molecule has 2 aromatic carbocycles. The molecule has 0 radical (unpaired) electrons. The van der Waals surface area contributed by atoms with Crippen molar-refractivity contribution in [1.29, 1.82) is 0 Å². The fraction of sp³-hybridized carbons (Fsp3) is 0.143. The molecule has 0 aliphatic heterocycles. The number of nitrogens with zero attached hydrogens (tertiary/aromatic N) is 1. The van der Waals surface area contributed by atoms with Crippen molar-refractivity contribution in [3.63, 3.8) is 0 Å². The highest BCUT2D eigenvalue weighted by Gasteiger charge is 2.16. The number of anilines is 1. The molecule has 0 amide bonds. The van der Waals surface area contributed by atoms with E-state index in [1.165, 1.54) is 11.2 Å². The third kappa shape index (κ3) is 2.27. The average molecular weight is 209 g/mol. The zero-order chi connectivity index (χ0) is 11.4. The number of hydrogen-bond donors (Lipinski definition) is 0. The number of rotatable bonds is 3. The topological polar surface area (TPSA) is 3.24 Å². The summed E-state index contributed by atoms with van der Waals surface area (Å²) >= 11 is 0. The highest BCUT2D eigenvalue weighted by molar-refractivity contribution is 6.75. The lowest BCUT2D eigenvalue weighted by Crippen LogP contribution is -2.43. The van der Waals surface area contributed by atoms with Crippen molar-refractivity contribution in [2.45, 2.75) is 6.82 Å². The highest BCUT2D eigenvalue weighted by atomic mass is 15.0. The van der Waals surface area contributed by atoms with E-state index in [4.69, 9.17) is 0 Å². The van der Waals surface area contributed by atoms with E-state index < -0.39 is 0 Å². The van der Waals surface area contributed by atoms with Gasteiger partial charge in [-0.05, 0) is 19.2 Å². The van der Waals surface area contributed by atoms with Crippen molar-refractivity contribution in [2.75, 3.05) is 11.9 Å². The quantitative estimate of drug-likeness (QED) is 0.702. The number of hydrogen-bond acceptors (Lipinski definition) is 1. The molecule has 0 aliphatic carbocycles. The van der Waals surface area contributed by atoms with Gasteiger partial charge >= 0.3 is 0 Å². The van der Waals surface area contributed by atoms with Crippen molar-refractivity contribution in [1.82, 2.24) is 0 Å². The number of benzene rings is 2. The zero-order valence-corrected chi connectivity index (χ0v) is 9.80. The van der Waals surface area contributed by atoms with Gasteiger partial charge in [-0.15, -0.1) is 0 Å². The van der Waals surface area contributed by atoms with Crippen LogP contribution in [0.15, 0.2) is 60.7 Å². The van der Waals surface area contributed by atoms with Crippen LogP contribution in [0.3, 0.4) is 0 Å². The molecule has 0 saturated heterocycles. The van der Waals surface area contributed by atoms with Crippen LogP contribution in [-0.2, 0) is 0 Å². The first-order valence-corrected chi connectivity index (χ1v) is 5.62. The lowest BCUT2D eigenvalue weighted by Gasteiger charge is -2.24. The molecule has 0 N–H and O–H groups in total. The molecule has 2 heteroatoms. The van der Waals surface area contributed by atoms with Gasteiger partial charge in [-0.2, -0.15) is 0 Å². The Morgan fingerprint density at radius 1 is 0.812 bits per heavy atom. The van der Waals surface area contributed by atoms with Crippen LogP contribution in [0.25, 0.3) is 0 Å². The molecular formula is C14H16BN. The van der Waals surface area contributed by atoms with E-state index in [9.17, 15) is 0 Å². The summed E-state index contributed by atoms with van der Waals surface area (Å²) in [6, 6.07) is 21.0. The van der Waals surface area contributed by atoms with E-state index in [2.05, 4.69) is 73.3 Å². The molecule has 0 bridgehead atoms. The maximum atomic E-state index is 2.29. The Labute approximate surface area is 97.8 Å². The third-order valence-electron chi connectivity index (χ3n) is 3.03. The van der Waals surface area contributed by atoms with Crippen LogP contribution in [-0.4, -0.2) is 13.9 Å². The summed E-state index contributed by atoms with van der Waals surface area (Å²) in [5.74, 6) is 0. The summed E-state index contributed by atoms with van der Waals surface area (Å²) in [6.07, 6.45) is 0. The van der Waals surface area contributed by atoms with E-state index >= 15 is 0 Å². The molecular weight excluding hydrogens is 193 g/mol. The smallest absolute Gasteiger partial charge is 0.285 e. The lowest BCUT2D eigenvalue weighted by atomic mass is 9.56. The lowest BCUT2D eigenvalue weighted by molar-refractivity contribution is 1.30. The van der Waals surface area contributed by atoms with Gasteiger partial charge < -0.3 is 4.81 Å². The first kappa shape index (κ1) is 10.8. The van der Waals surface area contributed by atoms with Crippen LogP contribution < -0.4 is 10.3 Å². The molecule has 0 unspecified atom stereocenters. The Bertz CT molecular complexity index is 384. The molecule has 0 heterocycles. The Hall–Kier alpha value is -1.70. The van der Waals surface area contributed by atoms with Crippen molar-refractivity contribution in [2.24, 2.45) is 0 Å². The largest absolute Gasteiger partial charge is 0.414 e. The molecule has 0 saturated carbocycles. The molecule has 1 nitrogen and oxygen atoms in total. The predicted octanol–water partition coefficient (Wildman–Crippen LogP) is 2.65. The SMILES string of the molecule is CB(c1ccccc1)N(C)c1ccccc1. The monoisotopic (exact) mass is 209 g/mol. The molecule has 0 fully saturated rings. The minimum atomic E-state index is 0.392. The van der Waals surface area contributed by atoms with E-state index in [0.717, 1.165) is 0 Å². The van der Waals surface area contributed by atoms with E-state index in [-0.39, 0.29) is 0 Å². The Morgan fingerprint density at radius 2 is 1.31 bits per heavy atom. The van der Waals surface area contributed by atoms with Gasteiger partial charge in [-0.25, -0.2) is 0 Å². The van der Waals surface area contributed by atoms with Gasteiger partial charge in [0, 0.05) is 5.69 Å². The maximum absolute atomic E-state index is 2.29. The molecule has 0 aliphatic rings. The highest BCUT2D eigenvalue weighted by Crippen LogP contribution is 2.12. The van der Waals surface area contributed by atoms with Crippen LogP contribution in [0.4, 0.5) is 5.69 Å². The first-order chi connectivity index (χ1) is 7.79. The molecule has 0 aromatic heterocycles. The van der Waals surface area contributed by atoms with Crippen LogP contribution >= 0.6 is 0 Å². The second-order valence-electron chi connectivity index (χ2n) is 4.03.